The van der Waals surface area contributed by atoms with Crippen molar-refractivity contribution >= 4 is 29.0 Å². The summed E-state index contributed by atoms with van der Waals surface area (Å²) in [5.74, 6) is 1.49. The van der Waals surface area contributed by atoms with Crippen LogP contribution >= 0.6 is 24.0 Å². The zero-order valence-corrected chi connectivity index (χ0v) is 12.5. The summed E-state index contributed by atoms with van der Waals surface area (Å²) in [5.41, 5.74) is 7.76. The summed E-state index contributed by atoms with van der Waals surface area (Å²) in [7, 11) is 0. The van der Waals surface area contributed by atoms with Gasteiger partial charge in [-0.15, -0.1) is 11.8 Å². The molecule has 0 aromatic heterocycles. The minimum atomic E-state index is 0.354. The van der Waals surface area contributed by atoms with Crippen LogP contribution in [0.25, 0.3) is 0 Å². The normalized spacial score (nSPS) is 10.2. The molecule has 0 saturated heterocycles. The standard InChI is InChI=1S/C15H15NOS2/c1-10-5-3-6-11(9-10)17-12-7-4-8-13(19-2)14(12)15(16)18/h3-9H,1-2H3,(H2,16,18). The molecule has 4 heteroatoms. The lowest BCUT2D eigenvalue weighted by Gasteiger charge is -2.13. The highest BCUT2D eigenvalue weighted by atomic mass is 32.2. The smallest absolute Gasteiger partial charge is 0.138 e. The molecule has 2 aromatic carbocycles. The second-order valence-corrected chi connectivity index (χ2v) is 5.40. The largest absolute Gasteiger partial charge is 0.457 e. The fourth-order valence-electron chi connectivity index (χ4n) is 1.81. The van der Waals surface area contributed by atoms with E-state index in [1.165, 1.54) is 0 Å². The van der Waals surface area contributed by atoms with Gasteiger partial charge < -0.3 is 10.5 Å². The van der Waals surface area contributed by atoms with Crippen LogP contribution in [0.3, 0.4) is 0 Å². The van der Waals surface area contributed by atoms with Crippen LogP contribution in [0.4, 0.5) is 0 Å². The zero-order chi connectivity index (χ0) is 13.8. The average Bonchev–Trinajstić information content (AvgIpc) is 2.38. The summed E-state index contributed by atoms with van der Waals surface area (Å²) >= 11 is 6.73. The SMILES string of the molecule is CSc1cccc(Oc2cccc(C)c2)c1C(N)=S. The van der Waals surface area contributed by atoms with Crippen molar-refractivity contribution in [1.82, 2.24) is 0 Å². The van der Waals surface area contributed by atoms with Crippen LogP contribution in [-0.2, 0) is 0 Å². The molecule has 0 aliphatic heterocycles. The van der Waals surface area contributed by atoms with Gasteiger partial charge in [0.05, 0.1) is 5.56 Å². The number of nitrogens with two attached hydrogens (primary N) is 1. The van der Waals surface area contributed by atoms with Crippen LogP contribution in [-0.4, -0.2) is 11.2 Å². The van der Waals surface area contributed by atoms with E-state index in [9.17, 15) is 0 Å². The van der Waals surface area contributed by atoms with E-state index in [-0.39, 0.29) is 0 Å². The molecule has 0 aliphatic rings. The van der Waals surface area contributed by atoms with Gasteiger partial charge in [-0.1, -0.05) is 30.4 Å². The van der Waals surface area contributed by atoms with E-state index in [1.54, 1.807) is 11.8 Å². The fourth-order valence-corrected chi connectivity index (χ4v) is 2.72. The van der Waals surface area contributed by atoms with Crippen LogP contribution in [0.2, 0.25) is 0 Å². The molecule has 0 aliphatic carbocycles. The lowest BCUT2D eigenvalue weighted by Crippen LogP contribution is -2.12. The third-order valence-corrected chi connectivity index (χ3v) is 3.66. The Morgan fingerprint density at radius 2 is 1.95 bits per heavy atom. The first-order valence-corrected chi connectivity index (χ1v) is 7.46. The lowest BCUT2D eigenvalue weighted by atomic mass is 10.2. The molecule has 2 nitrogen and oxygen atoms in total. The Kier molecular flexibility index (Phi) is 4.45. The van der Waals surface area contributed by atoms with Gasteiger partial charge in [0.2, 0.25) is 0 Å². The second-order valence-electron chi connectivity index (χ2n) is 4.12. The Morgan fingerprint density at radius 1 is 1.21 bits per heavy atom. The Hall–Kier alpha value is -1.52. The predicted molar refractivity (Wildman–Crippen MR) is 85.4 cm³/mol. The summed E-state index contributed by atoms with van der Waals surface area (Å²) < 4.78 is 5.91. The van der Waals surface area contributed by atoms with E-state index in [2.05, 4.69) is 0 Å². The van der Waals surface area contributed by atoms with Crippen LogP contribution < -0.4 is 10.5 Å². The maximum Gasteiger partial charge on any atom is 0.138 e. The van der Waals surface area contributed by atoms with Gasteiger partial charge in [0, 0.05) is 4.90 Å². The van der Waals surface area contributed by atoms with Crippen LogP contribution in [0.1, 0.15) is 11.1 Å². The summed E-state index contributed by atoms with van der Waals surface area (Å²) in [4.78, 5) is 1.38. The number of aryl methyl sites for hydroxylation is 1. The van der Waals surface area contributed by atoms with Gasteiger partial charge in [0.25, 0.3) is 0 Å². The van der Waals surface area contributed by atoms with Crippen LogP contribution in [0.5, 0.6) is 11.5 Å². The third kappa shape index (κ3) is 3.28. The Morgan fingerprint density at radius 3 is 2.58 bits per heavy atom. The molecule has 0 heterocycles. The summed E-state index contributed by atoms with van der Waals surface area (Å²) in [5, 5.41) is 0. The Bertz CT molecular complexity index is 611. The summed E-state index contributed by atoms with van der Waals surface area (Å²) in [6.45, 7) is 2.03. The molecule has 0 atom stereocenters. The highest BCUT2D eigenvalue weighted by Gasteiger charge is 2.12. The van der Waals surface area contributed by atoms with Crippen molar-refractivity contribution in [3.63, 3.8) is 0 Å². The topological polar surface area (TPSA) is 35.2 Å². The van der Waals surface area contributed by atoms with E-state index in [4.69, 9.17) is 22.7 Å². The molecule has 0 bridgehead atoms. The van der Waals surface area contributed by atoms with Gasteiger partial charge in [0.1, 0.15) is 16.5 Å². The van der Waals surface area contributed by atoms with E-state index in [0.29, 0.717) is 10.7 Å². The highest BCUT2D eigenvalue weighted by Crippen LogP contribution is 2.32. The number of thioether (sulfide) groups is 1. The molecule has 98 valence electrons. The maximum absolute atomic E-state index is 5.91. The van der Waals surface area contributed by atoms with Crippen LogP contribution in [0, 0.1) is 6.92 Å². The summed E-state index contributed by atoms with van der Waals surface area (Å²) in [6, 6.07) is 13.7. The van der Waals surface area contributed by atoms with Crippen molar-refractivity contribution in [3.8, 4) is 11.5 Å². The molecule has 2 aromatic rings. The third-order valence-electron chi connectivity index (χ3n) is 2.67. The molecule has 0 fully saturated rings. The molecule has 2 N–H and O–H groups in total. The van der Waals surface area contributed by atoms with Gasteiger partial charge >= 0.3 is 0 Å². The summed E-state index contributed by atoms with van der Waals surface area (Å²) in [6.07, 6.45) is 1.99. The molecule has 0 radical (unpaired) electrons. The number of benzene rings is 2. The van der Waals surface area contributed by atoms with Gasteiger partial charge in [-0.2, -0.15) is 0 Å². The maximum atomic E-state index is 5.91. The first kappa shape index (κ1) is 13.9. The van der Waals surface area contributed by atoms with Crippen molar-refractivity contribution in [2.75, 3.05) is 6.26 Å². The molecule has 0 spiro atoms. The van der Waals surface area contributed by atoms with Crippen molar-refractivity contribution in [1.29, 1.82) is 0 Å². The van der Waals surface area contributed by atoms with Crippen molar-refractivity contribution in [2.24, 2.45) is 5.73 Å². The highest BCUT2D eigenvalue weighted by molar-refractivity contribution is 7.98. The number of hydrogen-bond acceptors (Lipinski definition) is 3. The molecule has 0 saturated carbocycles. The monoisotopic (exact) mass is 289 g/mol. The molecule has 0 amide bonds. The lowest BCUT2D eigenvalue weighted by molar-refractivity contribution is 0.480. The van der Waals surface area contributed by atoms with Gasteiger partial charge in [-0.05, 0) is 43.0 Å². The molecule has 2 rings (SSSR count). The van der Waals surface area contributed by atoms with Gasteiger partial charge in [-0.25, -0.2) is 0 Å². The van der Waals surface area contributed by atoms with E-state index >= 15 is 0 Å². The fraction of sp³-hybridized carbons (Fsp3) is 0.133. The molecular formula is C15H15NOS2. The molecule has 19 heavy (non-hydrogen) atoms. The first-order valence-electron chi connectivity index (χ1n) is 5.83. The predicted octanol–water partition coefficient (Wildman–Crippen LogP) is 4.14. The molecule has 0 unspecified atom stereocenters. The first-order chi connectivity index (χ1) is 9.11. The number of hydrogen-bond donors (Lipinski definition) is 1. The molecular weight excluding hydrogens is 274 g/mol. The minimum absolute atomic E-state index is 0.354. The van der Waals surface area contributed by atoms with E-state index in [0.717, 1.165) is 21.8 Å². The number of rotatable bonds is 4. The average molecular weight is 289 g/mol. The number of thiocarbonyl (C=S) groups is 1. The van der Waals surface area contributed by atoms with Crippen molar-refractivity contribution < 1.29 is 4.74 Å². The van der Waals surface area contributed by atoms with Gasteiger partial charge in [0.15, 0.2) is 0 Å². The minimum Gasteiger partial charge on any atom is -0.457 e. The van der Waals surface area contributed by atoms with E-state index in [1.807, 2.05) is 55.6 Å². The van der Waals surface area contributed by atoms with Crippen LogP contribution in [0.15, 0.2) is 47.4 Å². The Labute approximate surface area is 123 Å². The zero-order valence-electron chi connectivity index (χ0n) is 10.8. The Balaban J connectivity index is 2.42. The number of ether oxygens (including phenoxy) is 1. The van der Waals surface area contributed by atoms with Crippen molar-refractivity contribution in [2.45, 2.75) is 11.8 Å². The van der Waals surface area contributed by atoms with Gasteiger partial charge in [-0.3, -0.25) is 0 Å². The van der Waals surface area contributed by atoms with Crippen molar-refractivity contribution in [3.05, 3.63) is 53.6 Å². The quantitative estimate of drug-likeness (QED) is 0.677. The second kappa shape index (κ2) is 6.08. The van der Waals surface area contributed by atoms with E-state index < -0.39 is 0 Å².